The van der Waals surface area contributed by atoms with Crippen LogP contribution in [0.3, 0.4) is 0 Å². The van der Waals surface area contributed by atoms with Crippen LogP contribution in [0.4, 0.5) is 0 Å². The largest absolute Gasteiger partial charge is 0.346 e. The third kappa shape index (κ3) is 1.87. The molecule has 88 valence electrons. The number of hydrogen-bond acceptors (Lipinski definition) is 2. The molecule has 0 radical (unpaired) electrons. The summed E-state index contributed by atoms with van der Waals surface area (Å²) in [5, 5.41) is 4.68. The molecule has 0 fully saturated rings. The Kier molecular flexibility index (Phi) is 2.30. The lowest BCUT2D eigenvalue weighted by Crippen LogP contribution is -2.33. The van der Waals surface area contributed by atoms with Gasteiger partial charge in [-0.15, -0.1) is 0 Å². The first kappa shape index (κ1) is 10.5. The number of H-pyrrole nitrogens is 1. The summed E-state index contributed by atoms with van der Waals surface area (Å²) in [6.45, 7) is 6.49. The van der Waals surface area contributed by atoms with E-state index < -0.39 is 0 Å². The van der Waals surface area contributed by atoms with E-state index in [1.54, 1.807) is 0 Å². The Morgan fingerprint density at radius 1 is 1.35 bits per heavy atom. The molecule has 0 aromatic carbocycles. The summed E-state index contributed by atoms with van der Waals surface area (Å²) in [5.41, 5.74) is 3.82. The third-order valence-electron chi connectivity index (χ3n) is 3.26. The summed E-state index contributed by atoms with van der Waals surface area (Å²) < 4.78 is 0. The Hall–Kier alpha value is -1.61. The van der Waals surface area contributed by atoms with E-state index in [2.05, 4.69) is 47.5 Å². The Morgan fingerprint density at radius 3 is 3.06 bits per heavy atom. The topological polar surface area (TPSA) is 40.7 Å². The first-order valence-electron chi connectivity index (χ1n) is 6.01. The zero-order valence-corrected chi connectivity index (χ0v) is 10.2. The Morgan fingerprint density at radius 2 is 2.24 bits per heavy atom. The van der Waals surface area contributed by atoms with Gasteiger partial charge in [0.2, 0.25) is 0 Å². The monoisotopic (exact) mass is 227 g/mol. The highest BCUT2D eigenvalue weighted by Crippen LogP contribution is 2.30. The number of aromatic nitrogens is 2. The minimum atomic E-state index is 0.222. The molecule has 1 aliphatic heterocycles. The average Bonchev–Trinajstić information content (AvgIpc) is 2.71. The van der Waals surface area contributed by atoms with E-state index in [-0.39, 0.29) is 5.41 Å². The highest BCUT2D eigenvalue weighted by Gasteiger charge is 2.21. The SMILES string of the molecule is CC1(C)C=C(c2c[nH]c3ncccc23)CNC1. The van der Waals surface area contributed by atoms with Crippen molar-refractivity contribution in [2.45, 2.75) is 13.8 Å². The van der Waals surface area contributed by atoms with Gasteiger partial charge in [0.25, 0.3) is 0 Å². The Bertz CT molecular complexity index is 578. The summed E-state index contributed by atoms with van der Waals surface area (Å²) in [7, 11) is 0. The molecule has 0 saturated heterocycles. The number of pyridine rings is 1. The normalized spacial score (nSPS) is 19.3. The molecule has 2 aromatic rings. The number of aromatic amines is 1. The standard InChI is InChI=1S/C14H17N3/c1-14(2)6-10(7-15-9-14)12-8-17-13-11(12)4-3-5-16-13/h3-6,8,15H,7,9H2,1-2H3,(H,16,17). The van der Waals surface area contributed by atoms with Crippen molar-refractivity contribution in [3.8, 4) is 0 Å². The minimum Gasteiger partial charge on any atom is -0.346 e. The molecule has 0 amide bonds. The van der Waals surface area contributed by atoms with Crippen LogP contribution in [0.1, 0.15) is 19.4 Å². The molecule has 3 heterocycles. The van der Waals surface area contributed by atoms with E-state index in [0.717, 1.165) is 18.7 Å². The third-order valence-corrected chi connectivity index (χ3v) is 3.26. The predicted octanol–water partition coefficient (Wildman–Crippen LogP) is 2.58. The molecule has 0 saturated carbocycles. The molecular formula is C14H17N3. The van der Waals surface area contributed by atoms with Crippen LogP contribution >= 0.6 is 0 Å². The molecule has 3 rings (SSSR count). The molecule has 2 aromatic heterocycles. The van der Waals surface area contributed by atoms with E-state index in [9.17, 15) is 0 Å². The van der Waals surface area contributed by atoms with Crippen LogP contribution in [-0.4, -0.2) is 23.1 Å². The quantitative estimate of drug-likeness (QED) is 0.786. The second-order valence-corrected chi connectivity index (χ2v) is 5.36. The maximum absolute atomic E-state index is 4.33. The molecule has 0 spiro atoms. The number of nitrogens with one attached hydrogen (secondary N) is 2. The van der Waals surface area contributed by atoms with E-state index in [1.807, 2.05) is 12.3 Å². The van der Waals surface area contributed by atoms with Crippen molar-refractivity contribution in [2.24, 2.45) is 5.41 Å². The summed E-state index contributed by atoms with van der Waals surface area (Å²) >= 11 is 0. The first-order chi connectivity index (χ1) is 8.16. The molecule has 2 N–H and O–H groups in total. The molecule has 3 nitrogen and oxygen atoms in total. The van der Waals surface area contributed by atoms with Gasteiger partial charge in [-0.3, -0.25) is 0 Å². The van der Waals surface area contributed by atoms with Gasteiger partial charge in [-0.2, -0.15) is 0 Å². The number of fused-ring (bicyclic) bond motifs is 1. The van der Waals surface area contributed by atoms with Gasteiger partial charge in [0, 0.05) is 36.4 Å². The molecule has 17 heavy (non-hydrogen) atoms. The van der Waals surface area contributed by atoms with Crippen molar-refractivity contribution < 1.29 is 0 Å². The van der Waals surface area contributed by atoms with Crippen molar-refractivity contribution in [3.05, 3.63) is 36.2 Å². The Balaban J connectivity index is 2.13. The fourth-order valence-corrected chi connectivity index (χ4v) is 2.49. The molecule has 0 unspecified atom stereocenters. The van der Waals surface area contributed by atoms with Crippen LogP contribution in [-0.2, 0) is 0 Å². The van der Waals surface area contributed by atoms with Crippen molar-refractivity contribution in [2.75, 3.05) is 13.1 Å². The molecule has 0 atom stereocenters. The molecule has 3 heteroatoms. The highest BCUT2D eigenvalue weighted by molar-refractivity contribution is 5.91. The molecular weight excluding hydrogens is 210 g/mol. The second-order valence-electron chi connectivity index (χ2n) is 5.36. The van der Waals surface area contributed by atoms with Crippen LogP contribution in [0, 0.1) is 5.41 Å². The maximum Gasteiger partial charge on any atom is 0.137 e. The van der Waals surface area contributed by atoms with Crippen LogP contribution in [0.5, 0.6) is 0 Å². The number of nitrogens with zero attached hydrogens (tertiary/aromatic N) is 1. The Labute approximate surface area is 101 Å². The summed E-state index contributed by atoms with van der Waals surface area (Å²) in [6.07, 6.45) is 6.26. The lowest BCUT2D eigenvalue weighted by Gasteiger charge is -2.28. The van der Waals surface area contributed by atoms with E-state index >= 15 is 0 Å². The van der Waals surface area contributed by atoms with E-state index in [0.29, 0.717) is 0 Å². The van der Waals surface area contributed by atoms with Gasteiger partial charge in [-0.05, 0) is 23.1 Å². The molecule has 0 bridgehead atoms. The zero-order valence-electron chi connectivity index (χ0n) is 10.2. The summed E-state index contributed by atoms with van der Waals surface area (Å²) in [5.74, 6) is 0. The van der Waals surface area contributed by atoms with Gasteiger partial charge >= 0.3 is 0 Å². The van der Waals surface area contributed by atoms with Crippen LogP contribution in [0.2, 0.25) is 0 Å². The van der Waals surface area contributed by atoms with Crippen molar-refractivity contribution in [1.29, 1.82) is 0 Å². The van der Waals surface area contributed by atoms with E-state index in [1.165, 1.54) is 16.5 Å². The molecule has 1 aliphatic rings. The second kappa shape index (κ2) is 3.70. The lowest BCUT2D eigenvalue weighted by atomic mass is 9.86. The van der Waals surface area contributed by atoms with Gasteiger partial charge in [0.15, 0.2) is 0 Å². The average molecular weight is 227 g/mol. The van der Waals surface area contributed by atoms with Crippen LogP contribution in [0.15, 0.2) is 30.6 Å². The fourth-order valence-electron chi connectivity index (χ4n) is 2.49. The van der Waals surface area contributed by atoms with Gasteiger partial charge in [0.05, 0.1) is 0 Å². The fraction of sp³-hybridized carbons (Fsp3) is 0.357. The van der Waals surface area contributed by atoms with Gasteiger partial charge in [-0.1, -0.05) is 19.9 Å². The molecule has 0 aliphatic carbocycles. The van der Waals surface area contributed by atoms with Gasteiger partial charge in [-0.25, -0.2) is 4.98 Å². The highest BCUT2D eigenvalue weighted by atomic mass is 14.9. The van der Waals surface area contributed by atoms with E-state index in [4.69, 9.17) is 0 Å². The zero-order chi connectivity index (χ0) is 11.9. The minimum absolute atomic E-state index is 0.222. The number of hydrogen-bond donors (Lipinski definition) is 2. The smallest absolute Gasteiger partial charge is 0.137 e. The number of rotatable bonds is 1. The maximum atomic E-state index is 4.33. The van der Waals surface area contributed by atoms with Gasteiger partial charge < -0.3 is 10.3 Å². The van der Waals surface area contributed by atoms with Crippen LogP contribution < -0.4 is 5.32 Å². The van der Waals surface area contributed by atoms with Crippen molar-refractivity contribution >= 4 is 16.6 Å². The summed E-state index contributed by atoms with van der Waals surface area (Å²) in [4.78, 5) is 7.56. The van der Waals surface area contributed by atoms with Crippen LogP contribution in [0.25, 0.3) is 16.6 Å². The first-order valence-corrected chi connectivity index (χ1v) is 6.01. The predicted molar refractivity (Wildman–Crippen MR) is 70.7 cm³/mol. The van der Waals surface area contributed by atoms with Gasteiger partial charge in [0.1, 0.15) is 5.65 Å². The lowest BCUT2D eigenvalue weighted by molar-refractivity contribution is 0.432. The van der Waals surface area contributed by atoms with Crippen molar-refractivity contribution in [1.82, 2.24) is 15.3 Å². The van der Waals surface area contributed by atoms with Crippen molar-refractivity contribution in [3.63, 3.8) is 0 Å². The summed E-state index contributed by atoms with van der Waals surface area (Å²) in [6, 6.07) is 4.11.